The zero-order chi connectivity index (χ0) is 52.1. The lowest BCUT2D eigenvalue weighted by Gasteiger charge is -2.37. The molecule has 17 rings (SSSR count). The van der Waals surface area contributed by atoms with Crippen molar-refractivity contribution in [1.29, 1.82) is 0 Å². The van der Waals surface area contributed by atoms with Crippen LogP contribution in [-0.2, 0) is 10.8 Å². The molecule has 1 aliphatic heterocycles. The number of anilines is 6. The standard InChI is InChI=1S/C76H50N2S/c1-75(2)65-31-15-10-27-56(65)59-40-37-49(43-68(59)75)77(48-38-41-72-63(42-48)54-25-9-8-24-53(54)60-29-13-18-34-71(60)78(72)47-20-4-3-5-21-47)50-36-39-58-52-23-7-6-22-51(52)55-26-11-16-32-66(55)76(69(58)44-50)67-33-17-12-28-57(67)62-46-74-64(45-70(62)76)61-30-14-19-35-73(61)79-74/h3-46H,1-2H3. The molecule has 0 bridgehead atoms. The smallest absolute Gasteiger partial charge is 0.0726 e. The predicted octanol–water partition coefficient (Wildman–Crippen LogP) is 21.0. The Hall–Kier alpha value is -9.54. The van der Waals surface area contributed by atoms with Crippen LogP contribution in [0.1, 0.15) is 47.2 Å². The fourth-order valence-corrected chi connectivity index (χ4v) is 15.7. The van der Waals surface area contributed by atoms with E-state index >= 15 is 0 Å². The Morgan fingerprint density at radius 1 is 0.291 bits per heavy atom. The van der Waals surface area contributed by atoms with Gasteiger partial charge in [-0.2, -0.15) is 0 Å². The van der Waals surface area contributed by atoms with Crippen molar-refractivity contribution in [2.45, 2.75) is 24.7 Å². The van der Waals surface area contributed by atoms with Crippen molar-refractivity contribution < 1.29 is 0 Å². The van der Waals surface area contributed by atoms with Gasteiger partial charge in [-0.1, -0.05) is 202 Å². The summed E-state index contributed by atoms with van der Waals surface area (Å²) in [4.78, 5) is 5.01. The highest BCUT2D eigenvalue weighted by atomic mass is 32.1. The lowest BCUT2D eigenvalue weighted by Crippen LogP contribution is -2.29. The largest absolute Gasteiger partial charge is 0.310 e. The Balaban J connectivity index is 0.978. The second-order valence-corrected chi connectivity index (χ2v) is 23.4. The summed E-state index contributed by atoms with van der Waals surface area (Å²) < 4.78 is 2.63. The minimum absolute atomic E-state index is 0.206. The van der Waals surface area contributed by atoms with Gasteiger partial charge in [0.15, 0.2) is 0 Å². The number of para-hydroxylation sites is 2. The van der Waals surface area contributed by atoms with Crippen molar-refractivity contribution in [2.24, 2.45) is 0 Å². The molecule has 2 nitrogen and oxygen atoms in total. The van der Waals surface area contributed by atoms with E-state index in [-0.39, 0.29) is 5.41 Å². The molecular weight excluding hydrogens is 973 g/mol. The molecule has 0 fully saturated rings. The molecule has 3 aliphatic carbocycles. The Labute approximate surface area is 464 Å². The second-order valence-electron chi connectivity index (χ2n) is 22.3. The number of nitrogens with zero attached hydrogens (tertiary/aromatic N) is 2. The average molecular weight is 1020 g/mol. The number of hydrogen-bond donors (Lipinski definition) is 0. The SMILES string of the molecule is CC1(C)c2ccccc2-c2ccc(N(c3ccc4c(c3)-c3ccccc3-c3ccccc3N4c3ccccc3)c3ccc4c(c3)C3(c5ccccc5-c5ccccc5-4)c4ccccc4-c4cc5sc6ccccc6c5cc43)cc21. The van der Waals surface area contributed by atoms with E-state index in [2.05, 4.69) is 291 Å². The van der Waals surface area contributed by atoms with Crippen LogP contribution in [0.2, 0.25) is 0 Å². The van der Waals surface area contributed by atoms with Gasteiger partial charge in [-0.25, -0.2) is 0 Å². The van der Waals surface area contributed by atoms with Gasteiger partial charge in [0.1, 0.15) is 0 Å². The maximum absolute atomic E-state index is 2.58. The van der Waals surface area contributed by atoms with Crippen LogP contribution < -0.4 is 9.80 Å². The molecule has 1 spiro atoms. The molecule has 0 N–H and O–H groups in total. The predicted molar refractivity (Wildman–Crippen MR) is 332 cm³/mol. The Bertz CT molecular complexity index is 4730. The first-order valence-electron chi connectivity index (χ1n) is 27.6. The van der Waals surface area contributed by atoms with Gasteiger partial charge in [0, 0.05) is 59.5 Å². The van der Waals surface area contributed by atoms with Crippen molar-refractivity contribution >= 4 is 65.6 Å². The summed E-state index contributed by atoms with van der Waals surface area (Å²) in [5, 5.41) is 2.62. The van der Waals surface area contributed by atoms with E-state index in [1.807, 2.05) is 11.3 Å². The van der Waals surface area contributed by atoms with Crippen LogP contribution in [0, 0.1) is 0 Å². The van der Waals surface area contributed by atoms with Crippen molar-refractivity contribution in [2.75, 3.05) is 9.80 Å². The van der Waals surface area contributed by atoms with Crippen LogP contribution >= 0.6 is 11.3 Å². The number of hydrogen-bond acceptors (Lipinski definition) is 3. The molecule has 1 aromatic heterocycles. The summed E-state index contributed by atoms with van der Waals surface area (Å²) >= 11 is 1.90. The molecule has 13 aromatic rings. The van der Waals surface area contributed by atoms with Gasteiger partial charge in [-0.05, 0) is 168 Å². The fraction of sp³-hybridized carbons (Fsp3) is 0.0526. The fourth-order valence-electron chi connectivity index (χ4n) is 14.6. The van der Waals surface area contributed by atoms with E-state index in [0.717, 1.165) is 34.1 Å². The molecule has 4 aliphatic rings. The molecule has 0 radical (unpaired) electrons. The first-order chi connectivity index (χ1) is 38.9. The van der Waals surface area contributed by atoms with E-state index in [0.29, 0.717) is 0 Å². The molecule has 0 saturated carbocycles. The summed E-state index contributed by atoms with van der Waals surface area (Å²) in [6.45, 7) is 4.79. The lowest BCUT2D eigenvalue weighted by molar-refractivity contribution is 0.660. The van der Waals surface area contributed by atoms with E-state index < -0.39 is 5.41 Å². The maximum Gasteiger partial charge on any atom is 0.0726 e. The summed E-state index contributed by atoms with van der Waals surface area (Å²) in [7, 11) is 0. The third kappa shape index (κ3) is 6.11. The highest BCUT2D eigenvalue weighted by Crippen LogP contribution is 2.64. The molecular formula is C76H50N2S. The lowest BCUT2D eigenvalue weighted by atomic mass is 9.65. The van der Waals surface area contributed by atoms with Gasteiger partial charge in [0.25, 0.3) is 0 Å². The highest BCUT2D eigenvalue weighted by Gasteiger charge is 2.50. The highest BCUT2D eigenvalue weighted by molar-refractivity contribution is 7.25. The molecule has 0 saturated heterocycles. The number of thiophene rings is 1. The molecule has 370 valence electrons. The Morgan fingerprint density at radius 3 is 1.44 bits per heavy atom. The Kier molecular flexibility index (Phi) is 9.30. The van der Waals surface area contributed by atoms with Gasteiger partial charge >= 0.3 is 0 Å². The third-order valence-corrected chi connectivity index (χ3v) is 19.2. The van der Waals surface area contributed by atoms with E-state index in [9.17, 15) is 0 Å². The van der Waals surface area contributed by atoms with Crippen LogP contribution in [0.15, 0.2) is 267 Å². The van der Waals surface area contributed by atoms with Crippen LogP contribution in [-0.4, -0.2) is 0 Å². The van der Waals surface area contributed by atoms with Crippen molar-refractivity contribution in [3.63, 3.8) is 0 Å². The minimum atomic E-state index is -0.688. The number of benzene rings is 12. The van der Waals surface area contributed by atoms with Crippen molar-refractivity contribution in [3.8, 4) is 66.8 Å². The molecule has 1 unspecified atom stereocenters. The van der Waals surface area contributed by atoms with Gasteiger partial charge in [-0.3, -0.25) is 0 Å². The number of fused-ring (bicyclic) bond motifs is 23. The molecule has 3 heteroatoms. The summed E-state index contributed by atoms with van der Waals surface area (Å²) in [5.41, 5.74) is 28.8. The van der Waals surface area contributed by atoms with Gasteiger partial charge < -0.3 is 9.80 Å². The first kappa shape index (κ1) is 44.6. The molecule has 79 heavy (non-hydrogen) atoms. The van der Waals surface area contributed by atoms with E-state index in [4.69, 9.17) is 0 Å². The van der Waals surface area contributed by atoms with Crippen LogP contribution in [0.25, 0.3) is 86.9 Å². The van der Waals surface area contributed by atoms with E-state index in [1.165, 1.54) is 120 Å². The zero-order valence-corrected chi connectivity index (χ0v) is 44.5. The normalized spacial score (nSPS) is 15.3. The van der Waals surface area contributed by atoms with Crippen LogP contribution in [0.3, 0.4) is 0 Å². The van der Waals surface area contributed by atoms with Gasteiger partial charge in [-0.15, -0.1) is 11.3 Å². The summed E-state index contributed by atoms with van der Waals surface area (Å²) in [6, 6.07) is 101. The zero-order valence-electron chi connectivity index (χ0n) is 43.7. The average Bonchev–Trinajstić information content (AvgIpc) is 2.96. The minimum Gasteiger partial charge on any atom is -0.310 e. The third-order valence-electron chi connectivity index (χ3n) is 18.0. The van der Waals surface area contributed by atoms with Crippen molar-refractivity contribution in [3.05, 3.63) is 300 Å². The van der Waals surface area contributed by atoms with Gasteiger partial charge in [0.2, 0.25) is 0 Å². The summed E-state index contributed by atoms with van der Waals surface area (Å²) in [6.07, 6.45) is 0. The Morgan fingerprint density at radius 2 is 0.747 bits per heavy atom. The van der Waals surface area contributed by atoms with E-state index in [1.54, 1.807) is 0 Å². The molecule has 1 atom stereocenters. The molecule has 0 amide bonds. The quantitative estimate of drug-likeness (QED) is 0.173. The topological polar surface area (TPSA) is 6.48 Å². The maximum atomic E-state index is 2.58. The molecule has 12 aromatic carbocycles. The monoisotopic (exact) mass is 1020 g/mol. The number of rotatable bonds is 4. The van der Waals surface area contributed by atoms with Crippen LogP contribution in [0.5, 0.6) is 0 Å². The summed E-state index contributed by atoms with van der Waals surface area (Å²) in [5.74, 6) is 0. The second kappa shape index (κ2) is 16.5. The van der Waals surface area contributed by atoms with Crippen LogP contribution in [0.4, 0.5) is 34.1 Å². The van der Waals surface area contributed by atoms with Crippen molar-refractivity contribution in [1.82, 2.24) is 0 Å². The first-order valence-corrected chi connectivity index (χ1v) is 28.4. The van der Waals surface area contributed by atoms with Gasteiger partial charge in [0.05, 0.1) is 16.8 Å². The molecule has 2 heterocycles.